The van der Waals surface area contributed by atoms with Crippen LogP contribution in [0.2, 0.25) is 0 Å². The number of hydrogen-bond acceptors (Lipinski definition) is 9. The van der Waals surface area contributed by atoms with E-state index in [1.807, 2.05) is 72.8 Å². The highest BCUT2D eigenvalue weighted by Gasteiger charge is 2.49. The largest absolute Gasteiger partial charge is 0.489 e. The molecule has 282 valence electrons. The summed E-state index contributed by atoms with van der Waals surface area (Å²) in [7, 11) is 0. The summed E-state index contributed by atoms with van der Waals surface area (Å²) >= 11 is 1.38. The Balaban J connectivity index is 1.30. The minimum absolute atomic E-state index is 0.108. The molecule has 2 amide bonds. The monoisotopic (exact) mass is 753 g/mol. The number of thiazole rings is 1. The zero-order valence-corrected chi connectivity index (χ0v) is 30.5. The first-order valence-electron chi connectivity index (χ1n) is 17.9. The summed E-state index contributed by atoms with van der Waals surface area (Å²) in [6, 6.07) is 28.3. The van der Waals surface area contributed by atoms with Crippen LogP contribution in [-0.4, -0.2) is 56.0 Å². The molecular formula is C42H44FN3O7S. The first-order chi connectivity index (χ1) is 26.1. The summed E-state index contributed by atoms with van der Waals surface area (Å²) < 4.78 is 20.0. The smallest absolute Gasteiger partial charge is 0.268 e. The zero-order valence-electron chi connectivity index (χ0n) is 29.7. The number of ether oxygens (including phenoxy) is 1. The lowest BCUT2D eigenvalue weighted by Gasteiger charge is -2.48. The van der Waals surface area contributed by atoms with E-state index in [1.165, 1.54) is 35.6 Å². The fourth-order valence-corrected chi connectivity index (χ4v) is 7.50. The van der Waals surface area contributed by atoms with Gasteiger partial charge in [0.25, 0.3) is 5.91 Å². The summed E-state index contributed by atoms with van der Waals surface area (Å²) in [5, 5.41) is 43.5. The number of β-lactam (4-membered cyclic amide) rings is 1. The van der Waals surface area contributed by atoms with Gasteiger partial charge in [0.2, 0.25) is 5.91 Å². The van der Waals surface area contributed by atoms with Crippen LogP contribution in [-0.2, 0) is 30.7 Å². The van der Waals surface area contributed by atoms with Gasteiger partial charge < -0.3 is 35.8 Å². The maximum atomic E-state index is 14.1. The molecular weight excluding hydrogens is 710 g/mol. The Hall–Kier alpha value is -4.98. The van der Waals surface area contributed by atoms with Crippen molar-refractivity contribution in [2.75, 3.05) is 18.1 Å². The number of aliphatic hydroxyl groups excluding tert-OH is 3. The van der Waals surface area contributed by atoms with Crippen molar-refractivity contribution in [3.8, 4) is 5.75 Å². The molecule has 0 radical (unpaired) electrons. The third-order valence-corrected chi connectivity index (χ3v) is 10.9. The fraction of sp³-hybridized carbons (Fsp3) is 0.310. The van der Waals surface area contributed by atoms with Crippen LogP contribution >= 0.6 is 11.3 Å². The molecule has 1 fully saturated rings. The Labute approximate surface area is 317 Å². The SMILES string of the molecule is NC(=O)c1csc(CCc2ccc(N3C(=O)C(CCC(O)c4ccc(F)cc4)C3c3cc(CCC(O)(CO)CO)ccc3OCc3ccccc3)cc2)n1. The predicted molar refractivity (Wildman–Crippen MR) is 203 cm³/mol. The van der Waals surface area contributed by atoms with Gasteiger partial charge in [-0.25, -0.2) is 9.37 Å². The molecule has 12 heteroatoms. The number of hydrogen-bond donors (Lipinski definition) is 5. The highest BCUT2D eigenvalue weighted by atomic mass is 32.1. The number of benzene rings is 4. The van der Waals surface area contributed by atoms with E-state index in [2.05, 4.69) is 4.98 Å². The predicted octanol–water partition coefficient (Wildman–Crippen LogP) is 5.61. The molecule has 10 nitrogen and oxygen atoms in total. The topological polar surface area (TPSA) is 166 Å². The number of rotatable bonds is 18. The quantitative estimate of drug-likeness (QED) is 0.0721. The Bertz CT molecular complexity index is 2020. The second-order valence-corrected chi connectivity index (χ2v) is 14.7. The Morgan fingerprint density at radius 1 is 0.926 bits per heavy atom. The number of anilines is 1. The van der Waals surface area contributed by atoms with E-state index in [0.717, 1.165) is 27.3 Å². The first kappa shape index (κ1) is 38.7. The molecule has 0 spiro atoms. The van der Waals surface area contributed by atoms with E-state index in [0.29, 0.717) is 42.7 Å². The third kappa shape index (κ3) is 9.20. The van der Waals surface area contributed by atoms with Gasteiger partial charge in [0.1, 0.15) is 29.5 Å². The van der Waals surface area contributed by atoms with Crippen LogP contribution in [0.5, 0.6) is 5.75 Å². The van der Waals surface area contributed by atoms with Gasteiger partial charge in [-0.15, -0.1) is 11.3 Å². The van der Waals surface area contributed by atoms with Crippen molar-refractivity contribution in [3.05, 3.63) is 147 Å². The number of aliphatic hydroxyl groups is 4. The standard InChI is InChI=1S/C42H44FN3O7S/c43-31-12-10-30(11-13-31)36(49)17-16-33-39(46(41(33)51)32-14-6-27(7-15-32)9-19-38-45-35(24-54-38)40(44)50)34-22-28(20-21-42(52,25-47)26-48)8-18-37(34)53-23-29-4-2-1-3-5-29/h1-8,10-15,18,22,24,33,36,39,47-49,52H,9,16-17,19-21,23,25-26H2,(H2,44,50). The lowest BCUT2D eigenvalue weighted by molar-refractivity contribution is -0.131. The maximum absolute atomic E-state index is 14.1. The van der Waals surface area contributed by atoms with Crippen LogP contribution in [0.15, 0.2) is 102 Å². The number of amides is 2. The van der Waals surface area contributed by atoms with Gasteiger partial charge in [-0.05, 0) is 90.8 Å². The molecule has 1 aliphatic heterocycles. The van der Waals surface area contributed by atoms with Crippen LogP contribution < -0.4 is 15.4 Å². The van der Waals surface area contributed by atoms with E-state index < -0.39 is 48.6 Å². The average Bonchev–Trinajstić information content (AvgIpc) is 3.68. The summed E-state index contributed by atoms with van der Waals surface area (Å²) in [5.41, 5.74) is 8.75. The number of carbonyl (C=O) groups is 2. The number of halogens is 1. The van der Waals surface area contributed by atoms with Gasteiger partial charge in [-0.2, -0.15) is 0 Å². The van der Waals surface area contributed by atoms with Crippen LogP contribution in [0.25, 0.3) is 0 Å². The Kier molecular flexibility index (Phi) is 12.5. The Morgan fingerprint density at radius 2 is 1.63 bits per heavy atom. The number of nitrogens with zero attached hydrogens (tertiary/aromatic N) is 2. The van der Waals surface area contributed by atoms with Crippen molar-refractivity contribution in [2.45, 2.75) is 62.9 Å². The second-order valence-electron chi connectivity index (χ2n) is 13.7. The molecule has 6 N–H and O–H groups in total. The second kappa shape index (κ2) is 17.4. The van der Waals surface area contributed by atoms with Gasteiger partial charge in [0.15, 0.2) is 0 Å². The molecule has 0 saturated carbocycles. The van der Waals surface area contributed by atoms with Crippen LogP contribution in [0.1, 0.15) is 74.7 Å². The molecule has 1 saturated heterocycles. The molecule has 0 bridgehead atoms. The van der Waals surface area contributed by atoms with Crippen molar-refractivity contribution >= 4 is 28.8 Å². The van der Waals surface area contributed by atoms with Crippen molar-refractivity contribution in [1.82, 2.24) is 4.98 Å². The minimum Gasteiger partial charge on any atom is -0.489 e. The summed E-state index contributed by atoms with van der Waals surface area (Å²) in [4.78, 5) is 31.6. The molecule has 0 aliphatic carbocycles. The normalized spacial score (nSPS) is 16.2. The molecule has 4 aromatic carbocycles. The summed E-state index contributed by atoms with van der Waals surface area (Å²) in [6.07, 6.45) is 1.44. The lowest BCUT2D eigenvalue weighted by atomic mass is 9.77. The zero-order chi connectivity index (χ0) is 38.2. The van der Waals surface area contributed by atoms with E-state index in [4.69, 9.17) is 10.5 Å². The molecule has 3 unspecified atom stereocenters. The van der Waals surface area contributed by atoms with Crippen LogP contribution in [0.4, 0.5) is 10.1 Å². The van der Waals surface area contributed by atoms with E-state index in [9.17, 15) is 34.4 Å². The van der Waals surface area contributed by atoms with Crippen molar-refractivity contribution in [2.24, 2.45) is 11.7 Å². The summed E-state index contributed by atoms with van der Waals surface area (Å²) in [6.45, 7) is -0.899. The van der Waals surface area contributed by atoms with Gasteiger partial charge in [-0.3, -0.25) is 9.59 Å². The maximum Gasteiger partial charge on any atom is 0.268 e. The third-order valence-electron chi connectivity index (χ3n) is 9.96. The molecule has 2 heterocycles. The summed E-state index contributed by atoms with van der Waals surface area (Å²) in [5.74, 6) is -1.03. The number of aryl methyl sites for hydroxylation is 3. The van der Waals surface area contributed by atoms with Gasteiger partial charge >= 0.3 is 0 Å². The molecule has 1 aliphatic rings. The number of aromatic nitrogens is 1. The van der Waals surface area contributed by atoms with E-state index in [-0.39, 0.29) is 31.0 Å². The first-order valence-corrected chi connectivity index (χ1v) is 18.8. The van der Waals surface area contributed by atoms with Gasteiger partial charge in [0, 0.05) is 23.1 Å². The van der Waals surface area contributed by atoms with Crippen molar-refractivity contribution in [1.29, 1.82) is 0 Å². The molecule has 3 atom stereocenters. The van der Waals surface area contributed by atoms with Crippen molar-refractivity contribution in [3.63, 3.8) is 0 Å². The van der Waals surface area contributed by atoms with Crippen LogP contribution in [0.3, 0.4) is 0 Å². The van der Waals surface area contributed by atoms with E-state index in [1.54, 1.807) is 10.3 Å². The molecule has 5 aromatic rings. The number of primary amides is 1. The lowest BCUT2D eigenvalue weighted by Crippen LogP contribution is -2.55. The molecule has 6 rings (SSSR count). The van der Waals surface area contributed by atoms with E-state index >= 15 is 0 Å². The Morgan fingerprint density at radius 3 is 2.30 bits per heavy atom. The van der Waals surface area contributed by atoms with Gasteiger partial charge in [0.05, 0.1) is 36.3 Å². The number of carbonyl (C=O) groups excluding carboxylic acids is 2. The van der Waals surface area contributed by atoms with Gasteiger partial charge in [-0.1, -0.05) is 60.7 Å². The molecule has 1 aromatic heterocycles. The fourth-order valence-electron chi connectivity index (χ4n) is 6.71. The average molecular weight is 754 g/mol. The number of nitrogens with two attached hydrogens (primary N) is 1. The minimum atomic E-state index is -1.65. The highest BCUT2D eigenvalue weighted by molar-refractivity contribution is 7.09. The van der Waals surface area contributed by atoms with Crippen LogP contribution in [0, 0.1) is 11.7 Å². The van der Waals surface area contributed by atoms with Crippen molar-refractivity contribution < 1.29 is 39.1 Å². The highest BCUT2D eigenvalue weighted by Crippen LogP contribution is 2.49. The molecule has 54 heavy (non-hydrogen) atoms.